The van der Waals surface area contributed by atoms with Gasteiger partial charge in [0.25, 0.3) is 0 Å². The fraction of sp³-hybridized carbons (Fsp3) is 0.647. The largest absolute Gasteiger partial charge is 0.490 e. The first kappa shape index (κ1) is 16.9. The zero-order valence-electron chi connectivity index (χ0n) is 13.8. The van der Waals surface area contributed by atoms with E-state index >= 15 is 0 Å². The van der Waals surface area contributed by atoms with Crippen molar-refractivity contribution >= 4 is 5.78 Å². The second-order valence-electron chi connectivity index (χ2n) is 7.07. The topological polar surface area (TPSA) is 68.5 Å². The molecular formula is C17H27N3O2. The van der Waals surface area contributed by atoms with Gasteiger partial charge in [0.15, 0.2) is 0 Å². The van der Waals surface area contributed by atoms with Crippen LogP contribution in [0.2, 0.25) is 0 Å². The molecule has 1 aromatic heterocycles. The zero-order chi connectivity index (χ0) is 16.2. The van der Waals surface area contributed by atoms with Gasteiger partial charge >= 0.3 is 0 Å². The van der Waals surface area contributed by atoms with E-state index in [-0.39, 0.29) is 11.5 Å². The SMILES string of the molecule is CC(C)(C)c1cncc(OC[C@@H](N)CN2CCC(=O)CC2)c1. The summed E-state index contributed by atoms with van der Waals surface area (Å²) in [5.74, 6) is 1.11. The van der Waals surface area contributed by atoms with Crippen molar-refractivity contribution in [2.24, 2.45) is 5.73 Å². The Morgan fingerprint density at radius 3 is 2.64 bits per heavy atom. The normalized spacial score (nSPS) is 18.3. The van der Waals surface area contributed by atoms with Crippen molar-refractivity contribution in [2.45, 2.75) is 45.1 Å². The third-order valence-corrected chi connectivity index (χ3v) is 3.95. The summed E-state index contributed by atoms with van der Waals surface area (Å²) < 4.78 is 5.79. The number of hydrogen-bond donors (Lipinski definition) is 1. The Morgan fingerprint density at radius 1 is 1.32 bits per heavy atom. The average molecular weight is 305 g/mol. The number of nitrogens with two attached hydrogens (primary N) is 1. The Morgan fingerprint density at radius 2 is 2.00 bits per heavy atom. The first-order valence-electron chi connectivity index (χ1n) is 7.92. The molecule has 5 heteroatoms. The monoisotopic (exact) mass is 305 g/mol. The summed E-state index contributed by atoms with van der Waals surface area (Å²) >= 11 is 0. The number of aromatic nitrogens is 1. The molecule has 0 amide bonds. The molecule has 0 saturated carbocycles. The van der Waals surface area contributed by atoms with Crippen LogP contribution in [0.5, 0.6) is 5.75 Å². The number of likely N-dealkylation sites (tertiary alicyclic amines) is 1. The van der Waals surface area contributed by atoms with Gasteiger partial charge in [-0.15, -0.1) is 0 Å². The van der Waals surface area contributed by atoms with Crippen LogP contribution in [-0.4, -0.2) is 48.0 Å². The molecule has 2 N–H and O–H groups in total. The van der Waals surface area contributed by atoms with Crippen molar-refractivity contribution < 1.29 is 9.53 Å². The quantitative estimate of drug-likeness (QED) is 0.897. The summed E-state index contributed by atoms with van der Waals surface area (Å²) in [5.41, 5.74) is 7.34. The summed E-state index contributed by atoms with van der Waals surface area (Å²) in [6, 6.07) is 1.96. The number of ketones is 1. The Bertz CT molecular complexity index is 501. The second kappa shape index (κ2) is 7.20. The van der Waals surface area contributed by atoms with Crippen LogP contribution in [0.3, 0.4) is 0 Å². The maximum Gasteiger partial charge on any atom is 0.137 e. The number of hydrogen-bond acceptors (Lipinski definition) is 5. The summed E-state index contributed by atoms with van der Waals surface area (Å²) in [6.45, 7) is 9.30. The predicted octanol–water partition coefficient (Wildman–Crippen LogP) is 1.75. The Kier molecular flexibility index (Phi) is 5.53. The summed E-state index contributed by atoms with van der Waals surface area (Å²) in [5, 5.41) is 0. The molecule has 1 fully saturated rings. The molecule has 0 spiro atoms. The van der Waals surface area contributed by atoms with Crippen LogP contribution in [0.15, 0.2) is 18.5 Å². The van der Waals surface area contributed by atoms with Crippen molar-refractivity contribution in [3.8, 4) is 5.75 Å². The number of rotatable bonds is 5. The molecule has 5 nitrogen and oxygen atoms in total. The molecule has 0 bridgehead atoms. The average Bonchev–Trinajstić information content (AvgIpc) is 2.47. The lowest BCUT2D eigenvalue weighted by molar-refractivity contribution is -0.121. The van der Waals surface area contributed by atoms with Gasteiger partial charge in [-0.1, -0.05) is 20.8 Å². The van der Waals surface area contributed by atoms with Crippen LogP contribution in [0, 0.1) is 0 Å². The highest BCUT2D eigenvalue weighted by atomic mass is 16.5. The highest BCUT2D eigenvalue weighted by Crippen LogP contribution is 2.24. The van der Waals surface area contributed by atoms with Gasteiger partial charge in [0.1, 0.15) is 18.1 Å². The van der Waals surface area contributed by atoms with Crippen LogP contribution in [0.25, 0.3) is 0 Å². The van der Waals surface area contributed by atoms with E-state index in [1.165, 1.54) is 0 Å². The Balaban J connectivity index is 1.81. The molecule has 1 saturated heterocycles. The molecular weight excluding hydrogens is 278 g/mol. The molecule has 1 aliphatic rings. The summed E-state index contributed by atoms with van der Waals surface area (Å²) in [7, 11) is 0. The van der Waals surface area contributed by atoms with Crippen molar-refractivity contribution in [1.82, 2.24) is 9.88 Å². The van der Waals surface area contributed by atoms with Crippen LogP contribution >= 0.6 is 0 Å². The van der Waals surface area contributed by atoms with E-state index in [4.69, 9.17) is 10.5 Å². The fourth-order valence-corrected chi connectivity index (χ4v) is 2.48. The van der Waals surface area contributed by atoms with E-state index in [0.717, 1.165) is 30.9 Å². The van der Waals surface area contributed by atoms with Gasteiger partial charge in [-0.3, -0.25) is 9.78 Å². The third-order valence-electron chi connectivity index (χ3n) is 3.95. The van der Waals surface area contributed by atoms with Crippen molar-refractivity contribution in [3.63, 3.8) is 0 Å². The lowest BCUT2D eigenvalue weighted by atomic mass is 9.88. The zero-order valence-corrected chi connectivity index (χ0v) is 13.8. The van der Waals surface area contributed by atoms with Crippen molar-refractivity contribution in [1.29, 1.82) is 0 Å². The van der Waals surface area contributed by atoms with Crippen LogP contribution < -0.4 is 10.5 Å². The Hall–Kier alpha value is -1.46. The molecule has 122 valence electrons. The number of Topliss-reactive ketones (excluding diaryl/α,β-unsaturated/α-hetero) is 1. The van der Waals surface area contributed by atoms with E-state index in [1.807, 2.05) is 12.3 Å². The maximum atomic E-state index is 11.2. The smallest absolute Gasteiger partial charge is 0.137 e. The minimum absolute atomic E-state index is 0.0504. The van der Waals surface area contributed by atoms with Crippen molar-refractivity contribution in [2.75, 3.05) is 26.2 Å². The molecule has 0 radical (unpaired) electrons. The second-order valence-corrected chi connectivity index (χ2v) is 7.07. The van der Waals surface area contributed by atoms with E-state index in [1.54, 1.807) is 6.20 Å². The molecule has 1 atom stereocenters. The highest BCUT2D eigenvalue weighted by Gasteiger charge is 2.19. The summed E-state index contributed by atoms with van der Waals surface area (Å²) in [4.78, 5) is 17.7. The standard InChI is InChI=1S/C17H27N3O2/c1-17(2,3)13-8-16(10-19-9-13)22-12-14(18)11-20-6-4-15(21)5-7-20/h8-10,14H,4-7,11-12,18H2,1-3H3/t14-/m0/s1. The van der Waals surface area contributed by atoms with Gasteiger partial charge in [0.2, 0.25) is 0 Å². The van der Waals surface area contributed by atoms with Crippen molar-refractivity contribution in [3.05, 3.63) is 24.0 Å². The minimum Gasteiger partial charge on any atom is -0.490 e. The lowest BCUT2D eigenvalue weighted by Crippen LogP contribution is -2.44. The van der Waals surface area contributed by atoms with Crippen LogP contribution in [0.1, 0.15) is 39.2 Å². The maximum absolute atomic E-state index is 11.2. The molecule has 2 rings (SSSR count). The van der Waals surface area contributed by atoms with E-state index < -0.39 is 0 Å². The third kappa shape index (κ3) is 5.07. The lowest BCUT2D eigenvalue weighted by Gasteiger charge is -2.28. The number of nitrogens with zero attached hydrogens (tertiary/aromatic N) is 2. The summed E-state index contributed by atoms with van der Waals surface area (Å²) in [6.07, 6.45) is 4.88. The molecule has 2 heterocycles. The molecule has 22 heavy (non-hydrogen) atoms. The van der Waals surface area contributed by atoms with Gasteiger partial charge in [0, 0.05) is 38.7 Å². The number of carbonyl (C=O) groups excluding carboxylic acids is 1. The van der Waals surface area contributed by atoms with E-state index in [9.17, 15) is 4.79 Å². The van der Waals surface area contributed by atoms with Gasteiger partial charge in [0.05, 0.1) is 12.2 Å². The van der Waals surface area contributed by atoms with Gasteiger partial charge in [-0.25, -0.2) is 0 Å². The minimum atomic E-state index is -0.0634. The molecule has 1 aliphatic heterocycles. The molecule has 0 aromatic carbocycles. The number of piperidine rings is 1. The first-order chi connectivity index (χ1) is 10.3. The van der Waals surface area contributed by atoms with Gasteiger partial charge in [-0.2, -0.15) is 0 Å². The van der Waals surface area contributed by atoms with Gasteiger partial charge < -0.3 is 15.4 Å². The highest BCUT2D eigenvalue weighted by molar-refractivity contribution is 5.79. The van der Waals surface area contributed by atoms with Gasteiger partial charge in [-0.05, 0) is 17.0 Å². The molecule has 1 aromatic rings. The van der Waals surface area contributed by atoms with E-state index in [2.05, 4.69) is 30.7 Å². The van der Waals surface area contributed by atoms with Crippen LogP contribution in [-0.2, 0) is 10.2 Å². The number of carbonyl (C=O) groups is 1. The Labute approximate surface area is 132 Å². The fourth-order valence-electron chi connectivity index (χ4n) is 2.48. The number of ether oxygens (including phenoxy) is 1. The molecule has 0 unspecified atom stereocenters. The molecule has 0 aliphatic carbocycles. The van der Waals surface area contributed by atoms with Crippen LogP contribution in [0.4, 0.5) is 0 Å². The number of pyridine rings is 1. The van der Waals surface area contributed by atoms with E-state index in [0.29, 0.717) is 25.2 Å². The first-order valence-corrected chi connectivity index (χ1v) is 7.92. The predicted molar refractivity (Wildman–Crippen MR) is 87.1 cm³/mol.